The van der Waals surface area contributed by atoms with Crippen molar-refractivity contribution in [3.63, 3.8) is 0 Å². The third-order valence-electron chi connectivity index (χ3n) is 3.29. The molecule has 2 aromatic heterocycles. The number of anilines is 2. The number of furan rings is 1. The Hall–Kier alpha value is -3.13. The summed E-state index contributed by atoms with van der Waals surface area (Å²) in [6, 6.07) is 10.2. The predicted octanol–water partition coefficient (Wildman–Crippen LogP) is 4.19. The molecule has 3 rings (SSSR count). The van der Waals surface area contributed by atoms with Crippen LogP contribution in [-0.2, 0) is 0 Å². The van der Waals surface area contributed by atoms with Gasteiger partial charge in [0.25, 0.3) is 5.91 Å². The summed E-state index contributed by atoms with van der Waals surface area (Å²) in [6.07, 6.45) is 1.56. The Bertz CT molecular complexity index is 886. The van der Waals surface area contributed by atoms with E-state index in [0.717, 1.165) is 0 Å². The number of carbonyl (C=O) groups is 2. The molecule has 0 fully saturated rings. The summed E-state index contributed by atoms with van der Waals surface area (Å²) in [6.45, 7) is 3.77. The predicted molar refractivity (Wildman–Crippen MR) is 102 cm³/mol. The lowest BCUT2D eigenvalue weighted by Crippen LogP contribution is -2.34. The van der Waals surface area contributed by atoms with Crippen molar-refractivity contribution < 1.29 is 14.0 Å². The van der Waals surface area contributed by atoms with Crippen LogP contribution in [0.3, 0.4) is 0 Å². The minimum Gasteiger partial charge on any atom is -0.462 e. The zero-order chi connectivity index (χ0) is 18.5. The van der Waals surface area contributed by atoms with Crippen LogP contribution in [0, 0.1) is 0 Å². The molecule has 7 nitrogen and oxygen atoms in total. The first-order valence-electron chi connectivity index (χ1n) is 7.99. The molecule has 0 spiro atoms. The molecule has 2 heterocycles. The molecule has 3 N–H and O–H groups in total. The van der Waals surface area contributed by atoms with Gasteiger partial charge in [0.05, 0.1) is 6.26 Å². The van der Waals surface area contributed by atoms with E-state index in [4.69, 9.17) is 4.42 Å². The zero-order valence-electron chi connectivity index (χ0n) is 14.3. The standard InChI is InChI=1S/C18H18N4O3S/c1-11(2)19-18(24)21-13-7-5-12(6-8-13)20-16(23)14-10-26-17(22-14)15-4-3-9-25-15/h3-11H,1-2H3,(H,20,23)(H2,19,21,24). The van der Waals surface area contributed by atoms with E-state index in [-0.39, 0.29) is 18.0 Å². The van der Waals surface area contributed by atoms with E-state index in [0.29, 0.717) is 27.8 Å². The maximum Gasteiger partial charge on any atom is 0.319 e. The van der Waals surface area contributed by atoms with E-state index >= 15 is 0 Å². The van der Waals surface area contributed by atoms with Crippen molar-refractivity contribution in [3.8, 4) is 10.8 Å². The molecule has 0 aliphatic carbocycles. The molecule has 1 aromatic carbocycles. The van der Waals surface area contributed by atoms with E-state index < -0.39 is 0 Å². The van der Waals surface area contributed by atoms with Crippen LogP contribution in [0.1, 0.15) is 24.3 Å². The second-order valence-electron chi connectivity index (χ2n) is 5.80. The summed E-state index contributed by atoms with van der Waals surface area (Å²) in [4.78, 5) is 28.2. The quantitative estimate of drug-likeness (QED) is 0.627. The molecule has 8 heteroatoms. The van der Waals surface area contributed by atoms with Gasteiger partial charge in [0.2, 0.25) is 0 Å². The average molecular weight is 370 g/mol. The Morgan fingerprint density at radius 1 is 1.08 bits per heavy atom. The van der Waals surface area contributed by atoms with Gasteiger partial charge in [0.1, 0.15) is 5.69 Å². The highest BCUT2D eigenvalue weighted by molar-refractivity contribution is 7.13. The fourth-order valence-electron chi connectivity index (χ4n) is 2.15. The molecule has 134 valence electrons. The number of amides is 3. The minimum absolute atomic E-state index is 0.0535. The Morgan fingerprint density at radius 3 is 2.38 bits per heavy atom. The Kier molecular flexibility index (Phi) is 5.33. The Labute approximate surface area is 154 Å². The van der Waals surface area contributed by atoms with Gasteiger partial charge in [0, 0.05) is 22.8 Å². The lowest BCUT2D eigenvalue weighted by Gasteiger charge is -2.10. The largest absolute Gasteiger partial charge is 0.462 e. The van der Waals surface area contributed by atoms with Gasteiger partial charge in [-0.2, -0.15) is 0 Å². The van der Waals surface area contributed by atoms with Crippen LogP contribution in [0.25, 0.3) is 10.8 Å². The SMILES string of the molecule is CC(C)NC(=O)Nc1ccc(NC(=O)c2csc(-c3ccco3)n2)cc1. The van der Waals surface area contributed by atoms with Crippen LogP contribution >= 0.6 is 11.3 Å². The molecule has 0 saturated heterocycles. The van der Waals surface area contributed by atoms with Gasteiger partial charge >= 0.3 is 6.03 Å². The van der Waals surface area contributed by atoms with Gasteiger partial charge in [-0.05, 0) is 50.2 Å². The molecular formula is C18H18N4O3S. The van der Waals surface area contributed by atoms with Gasteiger partial charge in [-0.15, -0.1) is 11.3 Å². The van der Waals surface area contributed by atoms with Crippen LogP contribution < -0.4 is 16.0 Å². The summed E-state index contributed by atoms with van der Waals surface area (Å²) in [5.41, 5.74) is 1.56. The normalized spacial score (nSPS) is 10.6. The molecule has 0 saturated carbocycles. The van der Waals surface area contributed by atoms with E-state index in [9.17, 15) is 9.59 Å². The van der Waals surface area contributed by atoms with E-state index in [2.05, 4.69) is 20.9 Å². The number of thiazole rings is 1. The van der Waals surface area contributed by atoms with Crippen LogP contribution in [0.2, 0.25) is 0 Å². The molecule has 3 amide bonds. The molecule has 0 radical (unpaired) electrons. The second kappa shape index (κ2) is 7.83. The molecule has 3 aromatic rings. The van der Waals surface area contributed by atoms with Gasteiger partial charge in [-0.25, -0.2) is 9.78 Å². The fourth-order valence-corrected chi connectivity index (χ4v) is 2.92. The fraction of sp³-hybridized carbons (Fsp3) is 0.167. The lowest BCUT2D eigenvalue weighted by atomic mass is 10.2. The highest BCUT2D eigenvalue weighted by Crippen LogP contribution is 2.24. The van der Waals surface area contributed by atoms with Gasteiger partial charge < -0.3 is 20.4 Å². The Morgan fingerprint density at radius 2 is 1.77 bits per heavy atom. The molecular weight excluding hydrogens is 352 g/mol. The number of urea groups is 1. The summed E-state index contributed by atoms with van der Waals surface area (Å²) in [7, 11) is 0. The van der Waals surface area contributed by atoms with Crippen molar-refractivity contribution in [1.82, 2.24) is 10.3 Å². The van der Waals surface area contributed by atoms with Crippen molar-refractivity contribution in [2.24, 2.45) is 0 Å². The maximum atomic E-state index is 12.3. The number of benzene rings is 1. The molecule has 0 aliphatic rings. The second-order valence-corrected chi connectivity index (χ2v) is 6.66. The molecule has 0 atom stereocenters. The van der Waals surface area contributed by atoms with Crippen LogP contribution in [0.4, 0.5) is 16.2 Å². The van der Waals surface area contributed by atoms with Crippen LogP contribution in [0.15, 0.2) is 52.5 Å². The monoisotopic (exact) mass is 370 g/mol. The number of carbonyl (C=O) groups excluding carboxylic acids is 2. The number of hydrogen-bond donors (Lipinski definition) is 3. The van der Waals surface area contributed by atoms with Crippen molar-refractivity contribution in [2.75, 3.05) is 10.6 Å². The first kappa shape index (κ1) is 17.7. The number of nitrogens with one attached hydrogen (secondary N) is 3. The Balaban J connectivity index is 1.60. The third-order valence-corrected chi connectivity index (χ3v) is 4.15. The summed E-state index contributed by atoms with van der Waals surface area (Å²) in [5.74, 6) is 0.321. The van der Waals surface area contributed by atoms with Crippen LogP contribution in [0.5, 0.6) is 0 Å². The van der Waals surface area contributed by atoms with Gasteiger partial charge in [0.15, 0.2) is 10.8 Å². The molecule has 0 bridgehead atoms. The summed E-state index contributed by atoms with van der Waals surface area (Å²) < 4.78 is 5.28. The van der Waals surface area contributed by atoms with Crippen molar-refractivity contribution in [3.05, 3.63) is 53.7 Å². The van der Waals surface area contributed by atoms with E-state index in [1.54, 1.807) is 48.0 Å². The minimum atomic E-state index is -0.308. The maximum absolute atomic E-state index is 12.3. The smallest absolute Gasteiger partial charge is 0.319 e. The highest BCUT2D eigenvalue weighted by Gasteiger charge is 2.13. The number of aromatic nitrogens is 1. The topological polar surface area (TPSA) is 96.3 Å². The molecule has 0 aliphatic heterocycles. The average Bonchev–Trinajstić information content (AvgIpc) is 3.27. The third kappa shape index (κ3) is 4.48. The molecule has 0 unspecified atom stereocenters. The van der Waals surface area contributed by atoms with Gasteiger partial charge in [-0.1, -0.05) is 0 Å². The van der Waals surface area contributed by atoms with Crippen LogP contribution in [-0.4, -0.2) is 23.0 Å². The molecule has 26 heavy (non-hydrogen) atoms. The van der Waals surface area contributed by atoms with Gasteiger partial charge in [-0.3, -0.25) is 4.79 Å². The van der Waals surface area contributed by atoms with Crippen molar-refractivity contribution in [2.45, 2.75) is 19.9 Å². The summed E-state index contributed by atoms with van der Waals surface area (Å²) in [5, 5.41) is 10.6. The van der Waals surface area contributed by atoms with E-state index in [1.165, 1.54) is 11.3 Å². The number of hydrogen-bond acceptors (Lipinski definition) is 5. The van der Waals surface area contributed by atoms with Crippen molar-refractivity contribution >= 4 is 34.6 Å². The van der Waals surface area contributed by atoms with Crippen molar-refractivity contribution in [1.29, 1.82) is 0 Å². The first-order valence-corrected chi connectivity index (χ1v) is 8.87. The van der Waals surface area contributed by atoms with E-state index in [1.807, 2.05) is 13.8 Å². The first-order chi connectivity index (χ1) is 12.5. The zero-order valence-corrected chi connectivity index (χ0v) is 15.1. The highest BCUT2D eigenvalue weighted by atomic mass is 32.1. The number of rotatable bonds is 5. The lowest BCUT2D eigenvalue weighted by molar-refractivity contribution is 0.102. The number of nitrogens with zero attached hydrogens (tertiary/aromatic N) is 1. The summed E-state index contributed by atoms with van der Waals surface area (Å²) >= 11 is 1.34.